The fraction of sp³-hybridized carbons (Fsp3) is 0.133. The third kappa shape index (κ3) is 3.92. The van der Waals surface area contributed by atoms with Crippen molar-refractivity contribution >= 4 is 41.4 Å². The maximum absolute atomic E-state index is 10.8. The van der Waals surface area contributed by atoms with Crippen LogP contribution in [0.1, 0.15) is 16.5 Å². The average Bonchev–Trinajstić information content (AvgIpc) is 2.44. The van der Waals surface area contributed by atoms with E-state index in [0.29, 0.717) is 16.5 Å². The summed E-state index contributed by atoms with van der Waals surface area (Å²) >= 11 is 13.5. The Morgan fingerprint density at radius 2 is 1.80 bits per heavy atom. The predicted molar refractivity (Wildman–Crippen MR) is 85.4 cm³/mol. The Kier molecular flexibility index (Phi) is 5.35. The highest BCUT2D eigenvalue weighted by molar-refractivity contribution is 7.99. The first-order valence-electron chi connectivity index (χ1n) is 5.98. The standard InChI is InChI=1S/C15H13Cl2NOS/c1-10-2-5-12(6-3-10)20-15(18-9-19)11-4-7-13(16)14(17)8-11/h2-9,15H,1H3,(H,18,19). The zero-order chi connectivity index (χ0) is 14.5. The van der Waals surface area contributed by atoms with Gasteiger partial charge in [-0.25, -0.2) is 0 Å². The van der Waals surface area contributed by atoms with E-state index in [2.05, 4.69) is 5.32 Å². The molecule has 0 spiro atoms. The van der Waals surface area contributed by atoms with Gasteiger partial charge < -0.3 is 5.32 Å². The lowest BCUT2D eigenvalue weighted by molar-refractivity contribution is -0.109. The summed E-state index contributed by atoms with van der Waals surface area (Å²) in [7, 11) is 0. The van der Waals surface area contributed by atoms with Crippen LogP contribution in [0.2, 0.25) is 10.0 Å². The summed E-state index contributed by atoms with van der Waals surface area (Å²) in [5.74, 6) is 0. The maximum atomic E-state index is 10.8. The van der Waals surface area contributed by atoms with Crippen LogP contribution < -0.4 is 5.32 Å². The molecule has 1 unspecified atom stereocenters. The van der Waals surface area contributed by atoms with Crippen LogP contribution in [0.25, 0.3) is 0 Å². The first-order valence-corrected chi connectivity index (χ1v) is 7.61. The monoisotopic (exact) mass is 325 g/mol. The summed E-state index contributed by atoms with van der Waals surface area (Å²) in [4.78, 5) is 11.9. The van der Waals surface area contributed by atoms with E-state index in [9.17, 15) is 4.79 Å². The van der Waals surface area contributed by atoms with Crippen LogP contribution in [0, 0.1) is 6.92 Å². The number of carbonyl (C=O) groups excluding carboxylic acids is 1. The van der Waals surface area contributed by atoms with Crippen molar-refractivity contribution in [2.75, 3.05) is 0 Å². The predicted octanol–water partition coefficient (Wildman–Crippen LogP) is 4.84. The summed E-state index contributed by atoms with van der Waals surface area (Å²) in [6, 6.07) is 13.5. The van der Waals surface area contributed by atoms with Gasteiger partial charge in [-0.1, -0.05) is 58.7 Å². The fourth-order valence-corrected chi connectivity index (χ4v) is 2.97. The topological polar surface area (TPSA) is 29.1 Å². The number of benzene rings is 2. The fourth-order valence-electron chi connectivity index (χ4n) is 1.69. The molecule has 0 aliphatic rings. The highest BCUT2D eigenvalue weighted by Crippen LogP contribution is 2.35. The number of halogens is 2. The van der Waals surface area contributed by atoms with Crippen LogP contribution in [0.5, 0.6) is 0 Å². The Morgan fingerprint density at radius 1 is 1.10 bits per heavy atom. The van der Waals surface area contributed by atoms with Crippen LogP contribution in [0.3, 0.4) is 0 Å². The molecule has 5 heteroatoms. The first kappa shape index (κ1) is 15.2. The van der Waals surface area contributed by atoms with Gasteiger partial charge in [0.05, 0.1) is 10.0 Å². The van der Waals surface area contributed by atoms with Gasteiger partial charge in [0, 0.05) is 4.90 Å². The van der Waals surface area contributed by atoms with Crippen molar-refractivity contribution in [3.8, 4) is 0 Å². The quantitative estimate of drug-likeness (QED) is 0.484. The Bertz CT molecular complexity index is 601. The van der Waals surface area contributed by atoms with Gasteiger partial charge in [-0.3, -0.25) is 4.79 Å². The number of thioether (sulfide) groups is 1. The summed E-state index contributed by atoms with van der Waals surface area (Å²) in [5, 5.41) is 3.56. The minimum Gasteiger partial charge on any atom is -0.342 e. The molecule has 0 radical (unpaired) electrons. The van der Waals surface area contributed by atoms with Gasteiger partial charge in [0.25, 0.3) is 0 Å². The van der Waals surface area contributed by atoms with Gasteiger partial charge >= 0.3 is 0 Å². The largest absolute Gasteiger partial charge is 0.342 e. The van der Waals surface area contributed by atoms with E-state index in [1.165, 1.54) is 5.56 Å². The molecule has 0 fully saturated rings. The van der Waals surface area contributed by atoms with E-state index in [4.69, 9.17) is 23.2 Å². The molecule has 104 valence electrons. The molecular formula is C15H13Cl2NOS. The van der Waals surface area contributed by atoms with Crippen LogP contribution in [-0.4, -0.2) is 6.41 Å². The van der Waals surface area contributed by atoms with Gasteiger partial charge in [0.1, 0.15) is 5.37 Å². The minimum atomic E-state index is -0.204. The lowest BCUT2D eigenvalue weighted by Gasteiger charge is -2.17. The molecule has 0 saturated carbocycles. The van der Waals surface area contributed by atoms with E-state index in [0.717, 1.165) is 10.5 Å². The van der Waals surface area contributed by atoms with Crippen LogP contribution >= 0.6 is 35.0 Å². The highest BCUT2D eigenvalue weighted by Gasteiger charge is 2.13. The van der Waals surface area contributed by atoms with Crippen LogP contribution in [-0.2, 0) is 4.79 Å². The van der Waals surface area contributed by atoms with Gasteiger partial charge in [-0.2, -0.15) is 0 Å². The van der Waals surface area contributed by atoms with Crippen molar-refractivity contribution in [2.24, 2.45) is 0 Å². The third-order valence-corrected chi connectivity index (χ3v) is 4.67. The smallest absolute Gasteiger partial charge is 0.208 e. The van der Waals surface area contributed by atoms with Crippen molar-refractivity contribution in [1.29, 1.82) is 0 Å². The molecule has 0 aromatic heterocycles. The van der Waals surface area contributed by atoms with Crippen molar-refractivity contribution in [2.45, 2.75) is 17.2 Å². The molecule has 0 aliphatic carbocycles. The Labute approximate surface area is 132 Å². The van der Waals surface area contributed by atoms with E-state index in [1.54, 1.807) is 23.9 Å². The van der Waals surface area contributed by atoms with E-state index >= 15 is 0 Å². The lowest BCUT2D eigenvalue weighted by Crippen LogP contribution is -2.16. The molecule has 0 aliphatic heterocycles. The molecule has 2 rings (SSSR count). The second kappa shape index (κ2) is 7.02. The average molecular weight is 326 g/mol. The van der Waals surface area contributed by atoms with Crippen LogP contribution in [0.15, 0.2) is 47.4 Å². The Hall–Kier alpha value is -1.16. The summed E-state index contributed by atoms with van der Waals surface area (Å²) in [6.45, 7) is 2.04. The molecule has 2 nitrogen and oxygen atoms in total. The molecule has 2 aromatic rings. The minimum absolute atomic E-state index is 0.204. The van der Waals surface area contributed by atoms with Gasteiger partial charge in [-0.05, 0) is 36.8 Å². The molecular weight excluding hydrogens is 313 g/mol. The number of hydrogen-bond donors (Lipinski definition) is 1. The SMILES string of the molecule is Cc1ccc(SC(NC=O)c2ccc(Cl)c(Cl)c2)cc1. The van der Waals surface area contributed by atoms with E-state index in [1.807, 2.05) is 37.3 Å². The van der Waals surface area contributed by atoms with E-state index in [-0.39, 0.29) is 5.37 Å². The molecule has 0 heterocycles. The molecule has 2 aromatic carbocycles. The zero-order valence-corrected chi connectivity index (χ0v) is 13.1. The molecule has 20 heavy (non-hydrogen) atoms. The summed E-state index contributed by atoms with van der Waals surface area (Å²) in [6.07, 6.45) is 0.689. The molecule has 1 atom stereocenters. The molecule has 0 bridgehead atoms. The van der Waals surface area contributed by atoms with Crippen molar-refractivity contribution in [3.63, 3.8) is 0 Å². The lowest BCUT2D eigenvalue weighted by atomic mass is 10.2. The van der Waals surface area contributed by atoms with Gasteiger partial charge in [0.15, 0.2) is 0 Å². The van der Waals surface area contributed by atoms with Crippen LogP contribution in [0.4, 0.5) is 0 Å². The number of aryl methyl sites for hydroxylation is 1. The molecule has 1 N–H and O–H groups in total. The second-order valence-corrected chi connectivity index (χ2v) is 6.26. The number of carbonyl (C=O) groups is 1. The van der Waals surface area contributed by atoms with Crippen molar-refractivity contribution in [1.82, 2.24) is 5.32 Å². The first-order chi connectivity index (χ1) is 9.60. The molecule has 1 amide bonds. The normalized spacial score (nSPS) is 11.9. The number of hydrogen-bond acceptors (Lipinski definition) is 2. The Balaban J connectivity index is 2.23. The summed E-state index contributed by atoms with van der Waals surface area (Å²) in [5.41, 5.74) is 2.10. The second-order valence-electron chi connectivity index (χ2n) is 4.27. The van der Waals surface area contributed by atoms with E-state index < -0.39 is 0 Å². The maximum Gasteiger partial charge on any atom is 0.208 e. The third-order valence-electron chi connectivity index (χ3n) is 2.74. The Morgan fingerprint density at radius 3 is 2.40 bits per heavy atom. The van der Waals surface area contributed by atoms with Crippen molar-refractivity contribution < 1.29 is 4.79 Å². The number of nitrogens with one attached hydrogen (secondary N) is 1. The number of amides is 1. The summed E-state index contributed by atoms with van der Waals surface area (Å²) < 4.78 is 0. The number of rotatable bonds is 5. The van der Waals surface area contributed by atoms with Crippen molar-refractivity contribution in [3.05, 3.63) is 63.6 Å². The highest BCUT2D eigenvalue weighted by atomic mass is 35.5. The van der Waals surface area contributed by atoms with Gasteiger partial charge in [0.2, 0.25) is 6.41 Å². The zero-order valence-electron chi connectivity index (χ0n) is 10.8. The molecule has 0 saturated heterocycles. The van der Waals surface area contributed by atoms with Gasteiger partial charge in [-0.15, -0.1) is 0 Å².